The molecule has 1 atom stereocenters. The van der Waals surface area contributed by atoms with E-state index < -0.39 is 6.04 Å². The standard InChI is InChI=1S/C13H28N2O2/c1-4-6-9-15(10-7-5-2)11-8-12(14)13(16)17-3/h12H,4-11,14H2,1-3H3. The molecule has 2 N–H and O–H groups in total. The van der Waals surface area contributed by atoms with Crippen LogP contribution in [0.15, 0.2) is 0 Å². The van der Waals surface area contributed by atoms with Gasteiger partial charge in [-0.3, -0.25) is 4.79 Å². The predicted molar refractivity (Wildman–Crippen MR) is 70.9 cm³/mol. The van der Waals surface area contributed by atoms with Crippen LogP contribution < -0.4 is 5.73 Å². The fourth-order valence-electron chi connectivity index (χ4n) is 1.69. The Bertz CT molecular complexity index is 190. The molecule has 0 aliphatic rings. The third-order valence-corrected chi connectivity index (χ3v) is 2.92. The van der Waals surface area contributed by atoms with Gasteiger partial charge in [0.25, 0.3) is 0 Å². The maximum atomic E-state index is 11.2. The highest BCUT2D eigenvalue weighted by molar-refractivity contribution is 5.75. The minimum absolute atomic E-state index is 0.309. The summed E-state index contributed by atoms with van der Waals surface area (Å²) in [5.41, 5.74) is 5.73. The van der Waals surface area contributed by atoms with Crippen molar-refractivity contribution < 1.29 is 9.53 Å². The first-order valence-corrected chi connectivity index (χ1v) is 6.71. The van der Waals surface area contributed by atoms with Crippen LogP contribution in [0.5, 0.6) is 0 Å². The molecule has 17 heavy (non-hydrogen) atoms. The van der Waals surface area contributed by atoms with Gasteiger partial charge in [0, 0.05) is 6.54 Å². The lowest BCUT2D eigenvalue weighted by Crippen LogP contribution is -2.37. The van der Waals surface area contributed by atoms with Crippen LogP contribution >= 0.6 is 0 Å². The number of hydrogen-bond donors (Lipinski definition) is 1. The van der Waals surface area contributed by atoms with Gasteiger partial charge in [-0.1, -0.05) is 26.7 Å². The summed E-state index contributed by atoms with van der Waals surface area (Å²) in [6, 6.07) is -0.481. The molecule has 0 saturated heterocycles. The van der Waals surface area contributed by atoms with Crippen molar-refractivity contribution in [3.63, 3.8) is 0 Å². The van der Waals surface area contributed by atoms with Gasteiger partial charge in [-0.05, 0) is 32.4 Å². The molecular formula is C13H28N2O2. The van der Waals surface area contributed by atoms with Crippen molar-refractivity contribution >= 4 is 5.97 Å². The van der Waals surface area contributed by atoms with E-state index in [-0.39, 0.29) is 5.97 Å². The molecule has 4 heteroatoms. The van der Waals surface area contributed by atoms with E-state index in [1.165, 1.54) is 32.8 Å². The molecule has 0 bridgehead atoms. The molecule has 0 amide bonds. The van der Waals surface area contributed by atoms with E-state index in [2.05, 4.69) is 23.5 Å². The van der Waals surface area contributed by atoms with E-state index in [0.29, 0.717) is 6.42 Å². The monoisotopic (exact) mass is 244 g/mol. The summed E-state index contributed by atoms with van der Waals surface area (Å²) in [6.07, 6.45) is 5.49. The summed E-state index contributed by atoms with van der Waals surface area (Å²) in [5.74, 6) is -0.309. The number of unbranched alkanes of at least 4 members (excludes halogenated alkanes) is 2. The summed E-state index contributed by atoms with van der Waals surface area (Å²) >= 11 is 0. The molecule has 0 aliphatic carbocycles. The Labute approximate surface area is 105 Å². The van der Waals surface area contributed by atoms with E-state index in [1.54, 1.807) is 0 Å². The van der Waals surface area contributed by atoms with Gasteiger partial charge in [0.15, 0.2) is 0 Å². The molecule has 0 heterocycles. The molecule has 0 aromatic rings. The minimum atomic E-state index is -0.481. The largest absolute Gasteiger partial charge is 0.468 e. The second kappa shape index (κ2) is 10.5. The van der Waals surface area contributed by atoms with Gasteiger partial charge in [-0.25, -0.2) is 0 Å². The number of carbonyl (C=O) groups excluding carboxylic acids is 1. The smallest absolute Gasteiger partial charge is 0.322 e. The zero-order valence-corrected chi connectivity index (χ0v) is 11.6. The number of carbonyl (C=O) groups is 1. The van der Waals surface area contributed by atoms with Crippen molar-refractivity contribution in [3.8, 4) is 0 Å². The van der Waals surface area contributed by atoms with Crippen LogP contribution in [0.2, 0.25) is 0 Å². The number of esters is 1. The normalized spacial score (nSPS) is 12.8. The zero-order chi connectivity index (χ0) is 13.1. The van der Waals surface area contributed by atoms with E-state index >= 15 is 0 Å². The Morgan fingerprint density at radius 1 is 1.18 bits per heavy atom. The maximum Gasteiger partial charge on any atom is 0.322 e. The van der Waals surface area contributed by atoms with Crippen molar-refractivity contribution in [1.82, 2.24) is 4.90 Å². The molecule has 0 aliphatic heterocycles. The Hall–Kier alpha value is -0.610. The first kappa shape index (κ1) is 16.4. The third kappa shape index (κ3) is 8.16. The van der Waals surface area contributed by atoms with E-state index in [4.69, 9.17) is 5.73 Å². The molecule has 1 unspecified atom stereocenters. The van der Waals surface area contributed by atoms with Crippen LogP contribution in [0.4, 0.5) is 0 Å². The Kier molecular flexibility index (Phi) is 10.2. The lowest BCUT2D eigenvalue weighted by molar-refractivity contribution is -0.142. The SMILES string of the molecule is CCCCN(CCCC)CCC(N)C(=O)OC. The molecule has 0 fully saturated rings. The lowest BCUT2D eigenvalue weighted by Gasteiger charge is -2.23. The molecule has 0 aromatic heterocycles. The second-order valence-electron chi connectivity index (χ2n) is 4.47. The van der Waals surface area contributed by atoms with Crippen molar-refractivity contribution in [3.05, 3.63) is 0 Å². The van der Waals surface area contributed by atoms with E-state index in [9.17, 15) is 4.79 Å². The van der Waals surface area contributed by atoms with Crippen molar-refractivity contribution in [2.24, 2.45) is 5.73 Å². The van der Waals surface area contributed by atoms with Gasteiger partial charge in [-0.2, -0.15) is 0 Å². The van der Waals surface area contributed by atoms with E-state index in [0.717, 1.165) is 19.6 Å². The molecule has 0 radical (unpaired) electrons. The Balaban J connectivity index is 3.91. The average Bonchev–Trinajstić information content (AvgIpc) is 2.36. The molecule has 102 valence electrons. The maximum absolute atomic E-state index is 11.2. The van der Waals surface area contributed by atoms with Crippen molar-refractivity contribution in [2.45, 2.75) is 52.0 Å². The molecule has 0 saturated carbocycles. The quantitative estimate of drug-likeness (QED) is 0.595. The Morgan fingerprint density at radius 3 is 2.12 bits per heavy atom. The van der Waals surface area contributed by atoms with Gasteiger partial charge in [-0.15, -0.1) is 0 Å². The highest BCUT2D eigenvalue weighted by atomic mass is 16.5. The zero-order valence-electron chi connectivity index (χ0n) is 11.6. The molecule has 0 spiro atoms. The molecular weight excluding hydrogens is 216 g/mol. The summed E-state index contributed by atoms with van der Waals surface area (Å²) in [5, 5.41) is 0. The number of ether oxygens (including phenoxy) is 1. The number of hydrogen-bond acceptors (Lipinski definition) is 4. The van der Waals surface area contributed by atoms with Crippen molar-refractivity contribution in [1.29, 1.82) is 0 Å². The summed E-state index contributed by atoms with van der Waals surface area (Å²) < 4.78 is 4.62. The first-order chi connectivity index (χ1) is 8.15. The van der Waals surface area contributed by atoms with Crippen LogP contribution in [0.3, 0.4) is 0 Å². The van der Waals surface area contributed by atoms with Gasteiger partial charge in [0.05, 0.1) is 7.11 Å². The molecule has 4 nitrogen and oxygen atoms in total. The number of rotatable bonds is 10. The fraction of sp³-hybridized carbons (Fsp3) is 0.923. The fourth-order valence-corrected chi connectivity index (χ4v) is 1.69. The molecule has 0 aromatic carbocycles. The number of nitrogens with zero attached hydrogens (tertiary/aromatic N) is 1. The van der Waals surface area contributed by atoms with Crippen LogP contribution in [0.25, 0.3) is 0 Å². The van der Waals surface area contributed by atoms with Gasteiger partial charge < -0.3 is 15.4 Å². The predicted octanol–water partition coefficient (Wildman–Crippen LogP) is 1.78. The summed E-state index contributed by atoms with van der Waals surface area (Å²) in [6.45, 7) is 7.47. The number of methoxy groups -OCH3 is 1. The number of nitrogens with two attached hydrogens (primary N) is 1. The lowest BCUT2D eigenvalue weighted by atomic mass is 10.2. The van der Waals surface area contributed by atoms with Crippen molar-refractivity contribution in [2.75, 3.05) is 26.7 Å². The summed E-state index contributed by atoms with van der Waals surface area (Å²) in [7, 11) is 1.38. The van der Waals surface area contributed by atoms with E-state index in [1.807, 2.05) is 0 Å². The third-order valence-electron chi connectivity index (χ3n) is 2.92. The van der Waals surface area contributed by atoms with Crippen LogP contribution in [-0.4, -0.2) is 43.7 Å². The Morgan fingerprint density at radius 2 is 1.71 bits per heavy atom. The van der Waals surface area contributed by atoms with Gasteiger partial charge >= 0.3 is 5.97 Å². The highest BCUT2D eigenvalue weighted by Crippen LogP contribution is 2.02. The van der Waals surface area contributed by atoms with Gasteiger partial charge in [0.1, 0.15) is 6.04 Å². The topological polar surface area (TPSA) is 55.6 Å². The highest BCUT2D eigenvalue weighted by Gasteiger charge is 2.15. The second-order valence-corrected chi connectivity index (χ2v) is 4.47. The average molecular weight is 244 g/mol. The summed E-state index contributed by atoms with van der Waals surface area (Å²) in [4.78, 5) is 13.6. The van der Waals surface area contributed by atoms with Crippen LogP contribution in [-0.2, 0) is 9.53 Å². The first-order valence-electron chi connectivity index (χ1n) is 6.71. The van der Waals surface area contributed by atoms with Gasteiger partial charge in [0.2, 0.25) is 0 Å². The minimum Gasteiger partial charge on any atom is -0.468 e. The van der Waals surface area contributed by atoms with Crippen LogP contribution in [0.1, 0.15) is 46.0 Å². The molecule has 0 rings (SSSR count). The van der Waals surface area contributed by atoms with Crippen LogP contribution in [0, 0.1) is 0 Å².